The highest BCUT2D eigenvalue weighted by molar-refractivity contribution is 6.08. The highest BCUT2D eigenvalue weighted by atomic mass is 19.1. The predicted molar refractivity (Wildman–Crippen MR) is 140 cm³/mol. The van der Waals surface area contributed by atoms with Crippen molar-refractivity contribution < 1.29 is 28.6 Å². The fraction of sp³-hybridized carbons (Fsp3) is 0.241. The average molecular weight is 505 g/mol. The van der Waals surface area contributed by atoms with Crippen molar-refractivity contribution in [3.05, 3.63) is 88.0 Å². The van der Waals surface area contributed by atoms with Gasteiger partial charge in [0.1, 0.15) is 17.3 Å². The number of rotatable bonds is 9. The number of allylic oxidation sites excluding steroid dienone is 2. The summed E-state index contributed by atoms with van der Waals surface area (Å²) in [6.07, 6.45) is 3.69. The lowest BCUT2D eigenvalue weighted by Crippen LogP contribution is -2.23. The number of halogens is 1. The number of carboxylic acids is 1. The normalized spacial score (nSPS) is 13.6. The van der Waals surface area contributed by atoms with Crippen molar-refractivity contribution in [1.29, 1.82) is 0 Å². The van der Waals surface area contributed by atoms with Crippen LogP contribution in [-0.4, -0.2) is 35.8 Å². The van der Waals surface area contributed by atoms with Crippen molar-refractivity contribution in [2.24, 2.45) is 7.05 Å². The Morgan fingerprint density at radius 2 is 1.76 bits per heavy atom. The summed E-state index contributed by atoms with van der Waals surface area (Å²) < 4.78 is 27.1. The first-order valence-corrected chi connectivity index (χ1v) is 11.8. The van der Waals surface area contributed by atoms with Crippen molar-refractivity contribution in [2.45, 2.75) is 26.3 Å². The molecule has 0 saturated heterocycles. The number of amides is 1. The maximum absolute atomic E-state index is 14.3. The van der Waals surface area contributed by atoms with Crippen molar-refractivity contribution in [3.8, 4) is 11.5 Å². The van der Waals surface area contributed by atoms with E-state index in [2.05, 4.69) is 5.32 Å². The number of hydrogen-bond acceptors (Lipinski definition) is 4. The second kappa shape index (κ2) is 10.7. The van der Waals surface area contributed by atoms with Gasteiger partial charge in [0.05, 0.1) is 33.6 Å². The molecule has 0 saturated carbocycles. The molecule has 1 aromatic heterocycles. The molecular weight excluding hydrogens is 475 g/mol. The lowest BCUT2D eigenvalue weighted by atomic mass is 9.99. The van der Waals surface area contributed by atoms with Crippen LogP contribution < -0.4 is 14.8 Å². The van der Waals surface area contributed by atoms with Crippen molar-refractivity contribution >= 4 is 29.1 Å². The van der Waals surface area contributed by atoms with Gasteiger partial charge in [0, 0.05) is 24.5 Å². The molecule has 8 heteroatoms. The van der Waals surface area contributed by atoms with Gasteiger partial charge in [0.15, 0.2) is 0 Å². The third-order valence-corrected chi connectivity index (χ3v) is 6.58. The number of fused-ring (bicyclic) bond motifs is 1. The molecule has 0 aliphatic heterocycles. The smallest absolute Gasteiger partial charge is 0.308 e. The van der Waals surface area contributed by atoms with Gasteiger partial charge in [-0.2, -0.15) is 0 Å². The quantitative estimate of drug-likeness (QED) is 0.435. The number of benzene rings is 2. The Bertz CT molecular complexity index is 1410. The molecule has 0 radical (unpaired) electrons. The van der Waals surface area contributed by atoms with Crippen LogP contribution in [0.15, 0.2) is 54.2 Å². The van der Waals surface area contributed by atoms with E-state index in [1.165, 1.54) is 26.4 Å². The number of methoxy groups -OCH3 is 2. The number of nitrogens with one attached hydrogen (secondary N) is 1. The summed E-state index contributed by atoms with van der Waals surface area (Å²) in [6, 6.07) is 11.9. The maximum Gasteiger partial charge on any atom is 0.308 e. The van der Waals surface area contributed by atoms with E-state index in [1.54, 1.807) is 18.2 Å². The summed E-state index contributed by atoms with van der Waals surface area (Å²) in [5.41, 5.74) is 6.10. The van der Waals surface area contributed by atoms with Gasteiger partial charge in [-0.05, 0) is 82.8 Å². The highest BCUT2D eigenvalue weighted by Crippen LogP contribution is 2.44. The van der Waals surface area contributed by atoms with Gasteiger partial charge in [-0.15, -0.1) is 0 Å². The third kappa shape index (κ3) is 5.43. The zero-order valence-corrected chi connectivity index (χ0v) is 21.2. The van der Waals surface area contributed by atoms with Crippen LogP contribution in [-0.2, 0) is 29.6 Å². The van der Waals surface area contributed by atoms with E-state index in [9.17, 15) is 19.1 Å². The van der Waals surface area contributed by atoms with Gasteiger partial charge in [0.25, 0.3) is 0 Å². The van der Waals surface area contributed by atoms with Gasteiger partial charge >= 0.3 is 5.97 Å². The largest absolute Gasteiger partial charge is 0.496 e. The van der Waals surface area contributed by atoms with Crippen molar-refractivity contribution in [3.63, 3.8) is 0 Å². The minimum Gasteiger partial charge on any atom is -0.496 e. The lowest BCUT2D eigenvalue weighted by Gasteiger charge is -2.14. The van der Waals surface area contributed by atoms with E-state index in [0.29, 0.717) is 29.2 Å². The maximum atomic E-state index is 14.3. The van der Waals surface area contributed by atoms with Crippen LogP contribution in [0.1, 0.15) is 41.3 Å². The van der Waals surface area contributed by atoms with E-state index >= 15 is 0 Å². The number of hydrogen-bond donors (Lipinski definition) is 2. The molecule has 7 nitrogen and oxygen atoms in total. The average Bonchev–Trinajstić information content (AvgIpc) is 3.38. The SMILES string of the molecule is COc1cc(C=C2C(C)=C(CC(=O)NCc3cccn3C)c3cc(F)ccc32)cc(OC)c1CC(=O)O. The van der Waals surface area contributed by atoms with E-state index in [1.807, 2.05) is 42.9 Å². The summed E-state index contributed by atoms with van der Waals surface area (Å²) >= 11 is 0. The molecule has 0 bridgehead atoms. The van der Waals surface area contributed by atoms with E-state index in [0.717, 1.165) is 33.5 Å². The first-order valence-electron chi connectivity index (χ1n) is 11.8. The Labute approximate surface area is 214 Å². The number of aromatic nitrogens is 1. The van der Waals surface area contributed by atoms with Crippen LogP contribution >= 0.6 is 0 Å². The first kappa shape index (κ1) is 25.8. The Kier molecular flexibility index (Phi) is 7.47. The highest BCUT2D eigenvalue weighted by Gasteiger charge is 2.26. The lowest BCUT2D eigenvalue weighted by molar-refractivity contribution is -0.136. The summed E-state index contributed by atoms with van der Waals surface area (Å²) in [5.74, 6) is -0.742. The molecule has 0 unspecified atom stereocenters. The van der Waals surface area contributed by atoms with Crippen LogP contribution in [0.3, 0.4) is 0 Å². The van der Waals surface area contributed by atoms with Gasteiger partial charge in [-0.25, -0.2) is 4.39 Å². The fourth-order valence-electron chi connectivity index (χ4n) is 4.65. The zero-order valence-electron chi connectivity index (χ0n) is 21.2. The molecule has 1 amide bonds. The van der Waals surface area contributed by atoms with E-state index in [4.69, 9.17) is 9.47 Å². The van der Waals surface area contributed by atoms with Gasteiger partial charge in [-0.3, -0.25) is 9.59 Å². The minimum atomic E-state index is -0.997. The molecule has 1 aliphatic rings. The summed E-state index contributed by atoms with van der Waals surface area (Å²) in [6.45, 7) is 2.31. The Morgan fingerprint density at radius 3 is 2.35 bits per heavy atom. The van der Waals surface area contributed by atoms with Gasteiger partial charge in [-0.1, -0.05) is 6.07 Å². The molecular formula is C29H29FN2O5. The second-order valence-corrected chi connectivity index (χ2v) is 8.89. The van der Waals surface area contributed by atoms with Crippen LogP contribution in [0.2, 0.25) is 0 Å². The topological polar surface area (TPSA) is 89.8 Å². The van der Waals surface area contributed by atoms with Gasteiger partial charge < -0.3 is 24.5 Å². The third-order valence-electron chi connectivity index (χ3n) is 6.58. The van der Waals surface area contributed by atoms with Crippen LogP contribution in [0.4, 0.5) is 4.39 Å². The van der Waals surface area contributed by atoms with Gasteiger partial charge in [0.2, 0.25) is 5.91 Å². The molecule has 1 aliphatic carbocycles. The predicted octanol–water partition coefficient (Wildman–Crippen LogP) is 4.84. The second-order valence-electron chi connectivity index (χ2n) is 8.89. The molecule has 0 fully saturated rings. The van der Waals surface area contributed by atoms with Crippen LogP contribution in [0.25, 0.3) is 17.2 Å². The number of nitrogens with zero attached hydrogens (tertiary/aromatic N) is 1. The van der Waals surface area contributed by atoms with Crippen LogP contribution in [0.5, 0.6) is 11.5 Å². The van der Waals surface area contributed by atoms with E-state index in [-0.39, 0.29) is 24.6 Å². The number of ether oxygens (including phenoxy) is 2. The molecule has 192 valence electrons. The number of carboxylic acid groups (broad SMARTS) is 1. The molecule has 2 aromatic carbocycles. The number of aliphatic carboxylic acids is 1. The molecule has 37 heavy (non-hydrogen) atoms. The molecule has 3 aromatic rings. The van der Waals surface area contributed by atoms with Crippen molar-refractivity contribution in [1.82, 2.24) is 9.88 Å². The Morgan fingerprint density at radius 1 is 1.05 bits per heavy atom. The first-order chi connectivity index (χ1) is 17.7. The number of carbonyl (C=O) groups excluding carboxylic acids is 1. The summed E-state index contributed by atoms with van der Waals surface area (Å²) in [7, 11) is 4.86. The molecule has 1 heterocycles. The Hall–Kier alpha value is -4.33. The molecule has 4 rings (SSSR count). The Balaban J connectivity index is 1.70. The minimum absolute atomic E-state index is 0.105. The van der Waals surface area contributed by atoms with Crippen molar-refractivity contribution in [2.75, 3.05) is 14.2 Å². The number of aryl methyl sites for hydroxylation is 1. The monoisotopic (exact) mass is 504 g/mol. The molecule has 0 atom stereocenters. The summed E-state index contributed by atoms with van der Waals surface area (Å²) in [4.78, 5) is 24.2. The zero-order chi connectivity index (χ0) is 26.7. The van der Waals surface area contributed by atoms with E-state index < -0.39 is 5.97 Å². The molecule has 2 N–H and O–H groups in total. The standard InChI is InChI=1S/C29H29FN2O5/c1-17-22(10-18-11-26(36-3)25(15-29(34)35)27(12-18)37-4)21-8-7-19(30)13-24(21)23(17)14-28(33)31-16-20-6-5-9-32(20)2/h5-13H,14-16H2,1-4H3,(H,31,33)(H,34,35). The van der Waals surface area contributed by atoms with Crippen LogP contribution in [0, 0.1) is 5.82 Å². The fourth-order valence-corrected chi connectivity index (χ4v) is 4.65. The number of carbonyl (C=O) groups is 2. The summed E-state index contributed by atoms with van der Waals surface area (Å²) in [5, 5.41) is 12.2. The molecule has 0 spiro atoms.